The van der Waals surface area contributed by atoms with Crippen molar-refractivity contribution in [3.8, 4) is 5.75 Å². The predicted octanol–water partition coefficient (Wildman–Crippen LogP) is 2.89. The molecular formula is C40H49O14-. The van der Waals surface area contributed by atoms with E-state index in [1.54, 1.807) is 42.5 Å². The summed E-state index contributed by atoms with van der Waals surface area (Å²) in [6, 6.07) is 10.0. The first-order chi connectivity index (χ1) is 26.5. The first-order valence-corrected chi connectivity index (χ1v) is 18.2. The highest BCUT2D eigenvalue weighted by Gasteiger charge is 2.25. The molecule has 5 rings (SSSR count). The fraction of sp³-hybridized carbons (Fsp3) is 0.500. The fourth-order valence-electron chi connectivity index (χ4n) is 5.88. The third kappa shape index (κ3) is 12.9. The summed E-state index contributed by atoms with van der Waals surface area (Å²) in [6.07, 6.45) is 3.41. The lowest BCUT2D eigenvalue weighted by Crippen LogP contribution is -2.21. The molecule has 3 aliphatic rings. The number of hydrogen-bond acceptors (Lipinski definition) is 13. The second-order valence-electron chi connectivity index (χ2n) is 12.4. The van der Waals surface area contributed by atoms with Crippen molar-refractivity contribution in [3.05, 3.63) is 93.1 Å². The van der Waals surface area contributed by atoms with Gasteiger partial charge in [0.15, 0.2) is 5.78 Å². The van der Waals surface area contributed by atoms with Gasteiger partial charge < -0.3 is 57.6 Å². The number of benzene rings is 2. The molecule has 1 N–H and O–H groups in total. The Morgan fingerprint density at radius 1 is 0.519 bits per heavy atom. The lowest BCUT2D eigenvalue weighted by molar-refractivity contribution is -0.272. The van der Waals surface area contributed by atoms with E-state index < -0.39 is 5.97 Å². The van der Waals surface area contributed by atoms with Gasteiger partial charge in [-0.15, -0.1) is 0 Å². The summed E-state index contributed by atoms with van der Waals surface area (Å²) in [6.45, 7) is 5.28. The molecule has 2 heterocycles. The molecule has 1 aliphatic carbocycles. The van der Waals surface area contributed by atoms with Crippen molar-refractivity contribution in [1.82, 2.24) is 0 Å². The van der Waals surface area contributed by atoms with Crippen LogP contribution in [-0.2, 0) is 65.4 Å². The number of carbonyl (C=O) groups excluding carboxylic acids is 1. The summed E-state index contributed by atoms with van der Waals surface area (Å²) in [7, 11) is 0. The Kier molecular flexibility index (Phi) is 17.8. The van der Waals surface area contributed by atoms with Gasteiger partial charge in [0, 0.05) is 11.1 Å². The molecule has 2 aromatic carbocycles. The van der Waals surface area contributed by atoms with E-state index in [0.717, 1.165) is 0 Å². The maximum Gasteiger partial charge on any atom is 0.336 e. The number of allylic oxidation sites excluding steroid dienone is 3. The maximum atomic E-state index is 13.8. The molecule has 0 radical (unpaired) electrons. The molecule has 14 nitrogen and oxygen atoms in total. The molecule has 0 saturated carbocycles. The normalized spacial score (nSPS) is 20.3. The number of aromatic carboxylic acids is 1. The van der Waals surface area contributed by atoms with Gasteiger partial charge in [-0.2, -0.15) is 0 Å². The van der Waals surface area contributed by atoms with Gasteiger partial charge in [0.1, 0.15) is 0 Å². The molecule has 2 aromatic rings. The van der Waals surface area contributed by atoms with Gasteiger partial charge in [0.25, 0.3) is 0 Å². The van der Waals surface area contributed by atoms with Gasteiger partial charge in [-0.25, -0.2) is 4.79 Å². The maximum absolute atomic E-state index is 13.8. The molecule has 2 aliphatic heterocycles. The molecule has 1 fully saturated rings. The highest BCUT2D eigenvalue weighted by atomic mass is 16.6. The standard InChI is InChI=1S/C40H50O14/c41-38-31-21-29(22-32(38)26-52-18-14-48-10-6-45-5-9-47-13-17-51-25-31)37(35-3-1-2-4-36(35)40(43)44)30-23-33-27-53-19-15-49-11-7-46-8-12-50-16-20-54-28-34(24-30)39(33)42/h1-4,21-24,41H,5-20,25-28H2,(H,43,44)/p-1. The molecule has 4 bridgehead atoms. The lowest BCUT2D eigenvalue weighted by Gasteiger charge is -2.25. The summed E-state index contributed by atoms with van der Waals surface area (Å²) in [5.41, 5.74) is 3.39. The lowest BCUT2D eigenvalue weighted by atomic mass is 9.84. The van der Waals surface area contributed by atoms with E-state index in [-0.39, 0.29) is 70.0 Å². The van der Waals surface area contributed by atoms with E-state index in [1.165, 1.54) is 6.07 Å². The van der Waals surface area contributed by atoms with Crippen molar-refractivity contribution < 1.29 is 67.2 Å². The number of fused-ring (bicyclic) bond motifs is 4. The number of Topliss-reactive ketones (excluding diaryl/α,β-unsaturated/α-hetero) is 1. The summed E-state index contributed by atoms with van der Waals surface area (Å²) < 4.78 is 56.9. The van der Waals surface area contributed by atoms with Crippen LogP contribution < -0.4 is 5.11 Å². The monoisotopic (exact) mass is 753 g/mol. The number of carbonyl (C=O) groups is 2. The molecule has 294 valence electrons. The Labute approximate surface area is 315 Å². The zero-order chi connectivity index (χ0) is 37.8. The van der Waals surface area contributed by atoms with Crippen molar-refractivity contribution in [2.24, 2.45) is 0 Å². The number of carboxylic acids is 1. The number of ether oxygens (including phenoxy) is 10. The van der Waals surface area contributed by atoms with Crippen LogP contribution in [0.5, 0.6) is 5.75 Å². The van der Waals surface area contributed by atoms with Crippen LogP contribution in [0, 0.1) is 0 Å². The molecule has 0 amide bonds. The zero-order valence-corrected chi connectivity index (χ0v) is 30.5. The highest BCUT2D eigenvalue weighted by Crippen LogP contribution is 2.37. The largest absolute Gasteiger partial charge is 0.872 e. The minimum atomic E-state index is -1.14. The van der Waals surface area contributed by atoms with Crippen LogP contribution in [-0.4, -0.2) is 136 Å². The van der Waals surface area contributed by atoms with E-state index in [4.69, 9.17) is 47.4 Å². The average Bonchev–Trinajstić information content (AvgIpc) is 3.17. The van der Waals surface area contributed by atoms with Crippen molar-refractivity contribution in [2.75, 3.05) is 119 Å². The van der Waals surface area contributed by atoms with Gasteiger partial charge >= 0.3 is 5.97 Å². The second-order valence-corrected chi connectivity index (χ2v) is 12.4. The molecule has 0 unspecified atom stereocenters. The van der Waals surface area contributed by atoms with Crippen LogP contribution in [0.25, 0.3) is 5.57 Å². The Balaban J connectivity index is 1.59. The number of hydrogen-bond donors (Lipinski definition) is 1. The molecule has 0 spiro atoms. The van der Waals surface area contributed by atoms with Gasteiger partial charge in [-0.3, -0.25) is 4.79 Å². The number of rotatable bonds is 3. The third-order valence-corrected chi connectivity index (χ3v) is 8.50. The molecule has 14 heteroatoms. The topological polar surface area (TPSA) is 170 Å². The summed E-state index contributed by atoms with van der Waals surface area (Å²) in [5, 5.41) is 24.2. The molecular weight excluding hydrogens is 704 g/mol. The highest BCUT2D eigenvalue weighted by molar-refractivity contribution is 6.12. The molecule has 1 saturated heterocycles. The average molecular weight is 754 g/mol. The predicted molar refractivity (Wildman–Crippen MR) is 192 cm³/mol. The Morgan fingerprint density at radius 3 is 1.26 bits per heavy atom. The first kappa shape index (κ1) is 41.4. The van der Waals surface area contributed by atoms with Crippen LogP contribution in [0.2, 0.25) is 0 Å². The van der Waals surface area contributed by atoms with Crippen LogP contribution in [0.3, 0.4) is 0 Å². The van der Waals surface area contributed by atoms with E-state index in [1.807, 2.05) is 0 Å². The Morgan fingerprint density at radius 2 is 0.870 bits per heavy atom. The third-order valence-electron chi connectivity index (χ3n) is 8.50. The second kappa shape index (κ2) is 23.2. The van der Waals surface area contributed by atoms with Crippen molar-refractivity contribution >= 4 is 17.3 Å². The fourth-order valence-corrected chi connectivity index (χ4v) is 5.88. The molecule has 0 aromatic heterocycles. The quantitative estimate of drug-likeness (QED) is 0.486. The zero-order valence-electron chi connectivity index (χ0n) is 30.5. The minimum absolute atomic E-state index is 0.0234. The summed E-state index contributed by atoms with van der Waals surface area (Å²) >= 11 is 0. The van der Waals surface area contributed by atoms with E-state index >= 15 is 0 Å². The van der Waals surface area contributed by atoms with Gasteiger partial charge in [-0.05, 0) is 63.8 Å². The van der Waals surface area contributed by atoms with Crippen LogP contribution in [0.1, 0.15) is 32.6 Å². The molecule has 54 heavy (non-hydrogen) atoms. The van der Waals surface area contributed by atoms with Crippen LogP contribution in [0.15, 0.2) is 65.3 Å². The summed E-state index contributed by atoms with van der Waals surface area (Å²) in [5.74, 6) is -1.65. The first-order valence-electron chi connectivity index (χ1n) is 18.2. The van der Waals surface area contributed by atoms with E-state index in [2.05, 4.69) is 0 Å². The smallest absolute Gasteiger partial charge is 0.336 e. The SMILES string of the molecule is O=C1C2=CC(=C(c3cc4c([O-])c(c3)COCCOCCOCCOCCOC4)c3ccccc3C(=O)O)C=C1COCCOCCOCCOCCOC2. The molecule has 0 atom stereocenters. The van der Waals surface area contributed by atoms with Crippen molar-refractivity contribution in [1.29, 1.82) is 0 Å². The Bertz CT molecular complexity index is 1540. The van der Waals surface area contributed by atoms with Crippen LogP contribution >= 0.6 is 0 Å². The van der Waals surface area contributed by atoms with Crippen LogP contribution in [0.4, 0.5) is 0 Å². The Hall–Kier alpha value is -3.80. The van der Waals surface area contributed by atoms with Gasteiger partial charge in [-0.1, -0.05) is 23.9 Å². The van der Waals surface area contributed by atoms with E-state index in [9.17, 15) is 19.8 Å². The van der Waals surface area contributed by atoms with Gasteiger partial charge in [0.05, 0.1) is 138 Å². The summed E-state index contributed by atoms with van der Waals surface area (Å²) in [4.78, 5) is 26.5. The number of carboxylic acid groups (broad SMARTS) is 1. The van der Waals surface area contributed by atoms with E-state index in [0.29, 0.717) is 124 Å². The van der Waals surface area contributed by atoms with Crippen molar-refractivity contribution in [3.63, 3.8) is 0 Å². The number of ketones is 1. The minimum Gasteiger partial charge on any atom is -0.872 e. The van der Waals surface area contributed by atoms with Crippen molar-refractivity contribution in [2.45, 2.75) is 13.2 Å². The van der Waals surface area contributed by atoms with Gasteiger partial charge in [0.2, 0.25) is 0 Å².